The molecule has 2 aromatic heterocycles. The number of hydrogen-bond donors (Lipinski definition) is 1. The van der Waals surface area contributed by atoms with E-state index in [-0.39, 0.29) is 10.6 Å². The Labute approximate surface area is 132 Å². The summed E-state index contributed by atoms with van der Waals surface area (Å²) in [6, 6.07) is 0. The Kier molecular flexibility index (Phi) is 4.26. The predicted molar refractivity (Wildman–Crippen MR) is 85.5 cm³/mol. The molecule has 0 bridgehead atoms. The van der Waals surface area contributed by atoms with Gasteiger partial charge in [-0.05, 0) is 19.3 Å². The fraction of sp³-hybridized carbons (Fsp3) is 0.500. The average Bonchev–Trinajstić information content (AvgIpc) is 2.99. The van der Waals surface area contributed by atoms with Crippen molar-refractivity contribution in [2.24, 2.45) is 0 Å². The molecule has 0 radical (unpaired) electrons. The van der Waals surface area contributed by atoms with E-state index in [0.717, 1.165) is 43.7 Å². The molecule has 0 saturated carbocycles. The Morgan fingerprint density at radius 1 is 1.57 bits per heavy atom. The molecule has 7 heteroatoms. The lowest BCUT2D eigenvalue weighted by molar-refractivity contribution is 0.507. The van der Waals surface area contributed by atoms with Crippen LogP contribution in [0.15, 0.2) is 16.4 Å². The summed E-state index contributed by atoms with van der Waals surface area (Å²) in [5, 5.41) is 9.76. The normalized spacial score (nSPS) is 19.0. The second kappa shape index (κ2) is 6.15. The summed E-state index contributed by atoms with van der Waals surface area (Å²) >= 11 is 7.84. The minimum Gasteiger partial charge on any atom is -0.368 e. The van der Waals surface area contributed by atoms with Gasteiger partial charge in [-0.25, -0.2) is 10.1 Å². The van der Waals surface area contributed by atoms with E-state index in [1.54, 1.807) is 17.5 Å². The zero-order valence-corrected chi connectivity index (χ0v) is 13.4. The van der Waals surface area contributed by atoms with Crippen LogP contribution in [0.4, 0.5) is 5.69 Å². The molecule has 0 spiro atoms. The fourth-order valence-corrected chi connectivity index (χ4v) is 3.91. The predicted octanol–water partition coefficient (Wildman–Crippen LogP) is 2.83. The molecule has 1 N–H and O–H groups in total. The molecule has 112 valence electrons. The summed E-state index contributed by atoms with van der Waals surface area (Å²) in [5.74, 6) is 0.402. The second-order valence-electron chi connectivity index (χ2n) is 5.21. The zero-order valence-electron chi connectivity index (χ0n) is 11.8. The Hall–Kier alpha value is -1.40. The van der Waals surface area contributed by atoms with E-state index in [4.69, 9.17) is 16.6 Å². The first-order valence-electron chi connectivity index (χ1n) is 7.11. The average molecular weight is 325 g/mol. The number of piperidine rings is 1. The third-order valence-corrected chi connectivity index (χ3v) is 5.24. The molecule has 3 rings (SSSR count). The molecular weight excluding hydrogens is 308 g/mol. The lowest BCUT2D eigenvalue weighted by Crippen LogP contribution is -2.35. The number of aryl methyl sites for hydroxylation is 1. The van der Waals surface area contributed by atoms with Gasteiger partial charge >= 0.3 is 0 Å². The van der Waals surface area contributed by atoms with Crippen LogP contribution in [0.5, 0.6) is 0 Å². The van der Waals surface area contributed by atoms with Crippen molar-refractivity contribution in [1.29, 1.82) is 0 Å². The number of aromatic amines is 1. The molecule has 1 saturated heterocycles. The maximum Gasteiger partial charge on any atom is 0.285 e. The van der Waals surface area contributed by atoms with Gasteiger partial charge in [0.2, 0.25) is 0 Å². The highest BCUT2D eigenvalue weighted by molar-refractivity contribution is 7.09. The minimum atomic E-state index is -0.334. The van der Waals surface area contributed by atoms with Crippen molar-refractivity contribution >= 4 is 28.6 Å². The molecule has 1 fully saturated rings. The van der Waals surface area contributed by atoms with Crippen molar-refractivity contribution in [3.63, 3.8) is 0 Å². The maximum absolute atomic E-state index is 11.6. The van der Waals surface area contributed by atoms with Crippen LogP contribution >= 0.6 is 22.9 Å². The molecule has 1 aliphatic heterocycles. The van der Waals surface area contributed by atoms with Crippen LogP contribution in [-0.4, -0.2) is 28.3 Å². The van der Waals surface area contributed by atoms with Crippen LogP contribution in [0.1, 0.15) is 36.4 Å². The molecule has 3 heterocycles. The summed E-state index contributed by atoms with van der Waals surface area (Å²) in [7, 11) is 0. The number of halogens is 1. The summed E-state index contributed by atoms with van der Waals surface area (Å²) in [6.45, 7) is 3.85. The third-order valence-electron chi connectivity index (χ3n) is 3.82. The van der Waals surface area contributed by atoms with E-state index in [1.807, 2.05) is 0 Å². The van der Waals surface area contributed by atoms with E-state index in [9.17, 15) is 4.79 Å². The standard InChI is InChI=1S/C14H17ClN4OS/c1-2-10-8-21-14(17-10)9-4-3-5-19(7-9)11-6-16-18-13(20)12(11)15/h6,8-9H,2-5,7H2,1H3,(H,18,20)/t9-/m1/s1. The fourth-order valence-electron chi connectivity index (χ4n) is 2.66. The van der Waals surface area contributed by atoms with Gasteiger partial charge in [-0.3, -0.25) is 4.79 Å². The van der Waals surface area contributed by atoms with E-state index in [1.165, 1.54) is 5.01 Å². The highest BCUT2D eigenvalue weighted by Crippen LogP contribution is 2.33. The molecule has 0 amide bonds. The van der Waals surface area contributed by atoms with Gasteiger partial charge in [0.15, 0.2) is 0 Å². The monoisotopic (exact) mass is 324 g/mol. The van der Waals surface area contributed by atoms with Crippen molar-refractivity contribution in [3.05, 3.63) is 37.7 Å². The van der Waals surface area contributed by atoms with E-state index in [0.29, 0.717) is 5.92 Å². The Morgan fingerprint density at radius 2 is 2.43 bits per heavy atom. The van der Waals surface area contributed by atoms with Gasteiger partial charge in [0.1, 0.15) is 5.02 Å². The van der Waals surface area contributed by atoms with Crippen LogP contribution in [0.25, 0.3) is 0 Å². The lowest BCUT2D eigenvalue weighted by atomic mass is 9.98. The highest BCUT2D eigenvalue weighted by atomic mass is 35.5. The van der Waals surface area contributed by atoms with Crippen molar-refractivity contribution < 1.29 is 0 Å². The van der Waals surface area contributed by atoms with E-state index < -0.39 is 0 Å². The van der Waals surface area contributed by atoms with Gasteiger partial charge in [0.25, 0.3) is 5.56 Å². The largest absolute Gasteiger partial charge is 0.368 e. The highest BCUT2D eigenvalue weighted by Gasteiger charge is 2.25. The number of thiazole rings is 1. The molecule has 5 nitrogen and oxygen atoms in total. The SMILES string of the molecule is CCc1csc([C@@H]2CCCN(c3cn[nH]c(=O)c3Cl)C2)n1. The quantitative estimate of drug-likeness (QED) is 0.943. The first-order valence-corrected chi connectivity index (χ1v) is 8.37. The number of nitrogens with zero attached hydrogens (tertiary/aromatic N) is 3. The Bertz CT molecular complexity index is 684. The molecule has 0 unspecified atom stereocenters. The molecule has 0 aliphatic carbocycles. The summed E-state index contributed by atoms with van der Waals surface area (Å²) in [6.07, 6.45) is 4.79. The minimum absolute atomic E-state index is 0.221. The van der Waals surface area contributed by atoms with E-state index in [2.05, 4.69) is 27.4 Å². The molecule has 1 atom stereocenters. The number of anilines is 1. The van der Waals surface area contributed by atoms with Crippen LogP contribution in [0.2, 0.25) is 5.02 Å². The Balaban J connectivity index is 1.82. The molecule has 21 heavy (non-hydrogen) atoms. The van der Waals surface area contributed by atoms with Crippen molar-refractivity contribution in [2.45, 2.75) is 32.1 Å². The smallest absolute Gasteiger partial charge is 0.285 e. The van der Waals surface area contributed by atoms with Crippen molar-refractivity contribution in [2.75, 3.05) is 18.0 Å². The van der Waals surface area contributed by atoms with Gasteiger partial charge in [-0.1, -0.05) is 18.5 Å². The molecule has 0 aromatic carbocycles. The van der Waals surface area contributed by atoms with Crippen LogP contribution in [0, 0.1) is 0 Å². The first-order chi connectivity index (χ1) is 10.2. The molecule has 1 aliphatic rings. The van der Waals surface area contributed by atoms with Crippen LogP contribution in [-0.2, 0) is 6.42 Å². The summed E-state index contributed by atoms with van der Waals surface area (Å²) in [5.41, 5.74) is 1.54. The van der Waals surface area contributed by atoms with Gasteiger partial charge in [0, 0.05) is 24.4 Å². The molecule has 2 aromatic rings. The Morgan fingerprint density at radius 3 is 3.19 bits per heavy atom. The van der Waals surface area contributed by atoms with Crippen molar-refractivity contribution in [3.8, 4) is 0 Å². The summed E-state index contributed by atoms with van der Waals surface area (Å²) in [4.78, 5) is 18.4. The number of aromatic nitrogens is 3. The summed E-state index contributed by atoms with van der Waals surface area (Å²) < 4.78 is 0. The topological polar surface area (TPSA) is 61.9 Å². The van der Waals surface area contributed by atoms with Gasteiger partial charge in [0.05, 0.1) is 22.6 Å². The van der Waals surface area contributed by atoms with Gasteiger partial charge in [-0.15, -0.1) is 11.3 Å². The number of nitrogens with one attached hydrogen (secondary N) is 1. The van der Waals surface area contributed by atoms with Crippen molar-refractivity contribution in [1.82, 2.24) is 15.2 Å². The third kappa shape index (κ3) is 2.96. The maximum atomic E-state index is 11.6. The zero-order chi connectivity index (χ0) is 14.8. The first kappa shape index (κ1) is 14.5. The number of H-pyrrole nitrogens is 1. The van der Waals surface area contributed by atoms with E-state index >= 15 is 0 Å². The van der Waals surface area contributed by atoms with Crippen LogP contribution < -0.4 is 10.5 Å². The second-order valence-corrected chi connectivity index (χ2v) is 6.48. The number of rotatable bonds is 3. The van der Waals surface area contributed by atoms with Gasteiger partial charge in [-0.2, -0.15) is 5.10 Å². The van der Waals surface area contributed by atoms with Crippen LogP contribution in [0.3, 0.4) is 0 Å². The molecular formula is C14H17ClN4OS. The lowest BCUT2D eigenvalue weighted by Gasteiger charge is -2.33. The number of hydrogen-bond acceptors (Lipinski definition) is 5. The van der Waals surface area contributed by atoms with Gasteiger partial charge < -0.3 is 4.90 Å².